The highest BCUT2D eigenvalue weighted by atomic mass is 35.5. The molecule has 1 heterocycles. The number of halogens is 1. The van der Waals surface area contributed by atoms with Crippen molar-refractivity contribution in [3.8, 4) is 0 Å². The fraction of sp³-hybridized carbons (Fsp3) is 0. The third kappa shape index (κ3) is 2.63. The molecule has 0 amide bonds. The number of aromatic nitrogens is 1. The lowest BCUT2D eigenvalue weighted by Crippen LogP contribution is -2.02. The van der Waals surface area contributed by atoms with Crippen LogP contribution < -0.4 is 5.63 Å². The van der Waals surface area contributed by atoms with Crippen LogP contribution in [0.25, 0.3) is 23.1 Å². The monoisotopic (exact) mass is 283 g/mol. The molecule has 0 atom stereocenters. The van der Waals surface area contributed by atoms with Gasteiger partial charge in [-0.25, -0.2) is 9.78 Å². The predicted octanol–water partition coefficient (Wildman–Crippen LogP) is 4.01. The summed E-state index contributed by atoms with van der Waals surface area (Å²) in [6.45, 7) is 0. The standard InChI is InChI=1S/C16H10ClNO2/c17-12-7-8-14-13(10-12)16(19)20-15(18-14)9-6-11-4-2-1-3-5-11/h1-10H. The maximum absolute atomic E-state index is 11.9. The molecule has 0 fully saturated rings. The molecule has 4 heteroatoms. The average molecular weight is 284 g/mol. The molecule has 98 valence electrons. The maximum Gasteiger partial charge on any atom is 0.347 e. The molecule has 0 aliphatic rings. The van der Waals surface area contributed by atoms with Crippen molar-refractivity contribution in [3.63, 3.8) is 0 Å². The van der Waals surface area contributed by atoms with Crippen LogP contribution in [0.2, 0.25) is 5.02 Å². The molecular formula is C16H10ClNO2. The summed E-state index contributed by atoms with van der Waals surface area (Å²) in [6, 6.07) is 14.7. The molecule has 0 N–H and O–H groups in total. The Kier molecular flexibility index (Phi) is 3.35. The van der Waals surface area contributed by atoms with Crippen molar-refractivity contribution in [1.29, 1.82) is 0 Å². The molecule has 0 bridgehead atoms. The highest BCUT2D eigenvalue weighted by molar-refractivity contribution is 6.31. The van der Waals surface area contributed by atoms with Crippen molar-refractivity contribution < 1.29 is 4.42 Å². The number of hydrogen-bond acceptors (Lipinski definition) is 3. The zero-order valence-electron chi connectivity index (χ0n) is 10.4. The van der Waals surface area contributed by atoms with Crippen LogP contribution in [-0.4, -0.2) is 4.98 Å². The van der Waals surface area contributed by atoms with Crippen LogP contribution in [0.4, 0.5) is 0 Å². The fourth-order valence-corrected chi connectivity index (χ4v) is 2.04. The molecule has 1 aromatic heterocycles. The van der Waals surface area contributed by atoms with E-state index < -0.39 is 5.63 Å². The number of nitrogens with zero attached hydrogens (tertiary/aromatic N) is 1. The molecule has 0 saturated carbocycles. The van der Waals surface area contributed by atoms with Gasteiger partial charge in [0.15, 0.2) is 0 Å². The first kappa shape index (κ1) is 12.6. The average Bonchev–Trinajstić information content (AvgIpc) is 2.47. The van der Waals surface area contributed by atoms with Gasteiger partial charge in [0.05, 0.1) is 10.9 Å². The highest BCUT2D eigenvalue weighted by Gasteiger charge is 2.04. The minimum atomic E-state index is -0.440. The molecule has 0 aliphatic heterocycles. The van der Waals surface area contributed by atoms with Gasteiger partial charge >= 0.3 is 5.63 Å². The normalized spacial score (nSPS) is 11.2. The summed E-state index contributed by atoms with van der Waals surface area (Å²) >= 11 is 5.85. The van der Waals surface area contributed by atoms with Crippen molar-refractivity contribution >= 4 is 34.7 Å². The van der Waals surface area contributed by atoms with Gasteiger partial charge in [0.1, 0.15) is 0 Å². The van der Waals surface area contributed by atoms with Gasteiger partial charge in [-0.15, -0.1) is 0 Å². The van der Waals surface area contributed by atoms with Crippen LogP contribution in [0.15, 0.2) is 57.7 Å². The molecule has 0 spiro atoms. The van der Waals surface area contributed by atoms with Crippen LogP contribution in [0.5, 0.6) is 0 Å². The van der Waals surface area contributed by atoms with Crippen molar-refractivity contribution in [1.82, 2.24) is 4.98 Å². The Balaban J connectivity index is 2.03. The minimum Gasteiger partial charge on any atom is -0.404 e. The van der Waals surface area contributed by atoms with Gasteiger partial charge < -0.3 is 4.42 Å². The second kappa shape index (κ2) is 5.31. The van der Waals surface area contributed by atoms with Gasteiger partial charge in [-0.1, -0.05) is 41.9 Å². The predicted molar refractivity (Wildman–Crippen MR) is 80.7 cm³/mol. The Morgan fingerprint density at radius 2 is 1.85 bits per heavy atom. The third-order valence-electron chi connectivity index (χ3n) is 2.82. The summed E-state index contributed by atoms with van der Waals surface area (Å²) in [5.74, 6) is 0.272. The molecule has 3 rings (SSSR count). The van der Waals surface area contributed by atoms with Crippen LogP contribution in [-0.2, 0) is 0 Å². The van der Waals surface area contributed by atoms with Crippen LogP contribution in [0.3, 0.4) is 0 Å². The second-order valence-electron chi connectivity index (χ2n) is 4.25. The summed E-state index contributed by atoms with van der Waals surface area (Å²) in [6.07, 6.45) is 3.51. The summed E-state index contributed by atoms with van der Waals surface area (Å²) in [5, 5.41) is 0.869. The van der Waals surface area contributed by atoms with Gasteiger partial charge in [0, 0.05) is 11.1 Å². The van der Waals surface area contributed by atoms with E-state index in [4.69, 9.17) is 16.0 Å². The Labute approximate surface area is 120 Å². The first-order valence-corrected chi connectivity index (χ1v) is 6.44. The quantitative estimate of drug-likeness (QED) is 0.713. The summed E-state index contributed by atoms with van der Waals surface area (Å²) in [5.41, 5.74) is 1.14. The molecule has 3 aromatic rings. The Hall–Kier alpha value is -2.39. The highest BCUT2D eigenvalue weighted by Crippen LogP contribution is 2.16. The van der Waals surface area contributed by atoms with Crippen LogP contribution in [0, 0.1) is 0 Å². The van der Waals surface area contributed by atoms with Crippen molar-refractivity contribution in [2.24, 2.45) is 0 Å². The Morgan fingerprint density at radius 3 is 2.65 bits per heavy atom. The van der Waals surface area contributed by atoms with E-state index in [0.29, 0.717) is 15.9 Å². The maximum atomic E-state index is 11.9. The molecule has 2 aromatic carbocycles. The van der Waals surface area contributed by atoms with Gasteiger partial charge in [0.25, 0.3) is 0 Å². The fourth-order valence-electron chi connectivity index (χ4n) is 1.86. The van der Waals surface area contributed by atoms with Gasteiger partial charge in [-0.2, -0.15) is 0 Å². The van der Waals surface area contributed by atoms with E-state index in [0.717, 1.165) is 5.56 Å². The largest absolute Gasteiger partial charge is 0.404 e. The van der Waals surface area contributed by atoms with E-state index >= 15 is 0 Å². The summed E-state index contributed by atoms with van der Waals surface area (Å²) in [4.78, 5) is 16.1. The van der Waals surface area contributed by atoms with E-state index in [-0.39, 0.29) is 5.89 Å². The Bertz CT molecular complexity index is 838. The molecule has 0 aliphatic carbocycles. The van der Waals surface area contributed by atoms with Crippen molar-refractivity contribution in [2.45, 2.75) is 0 Å². The van der Waals surface area contributed by atoms with Crippen molar-refractivity contribution in [2.75, 3.05) is 0 Å². The van der Waals surface area contributed by atoms with E-state index in [1.807, 2.05) is 36.4 Å². The van der Waals surface area contributed by atoms with E-state index in [9.17, 15) is 4.79 Å². The smallest absolute Gasteiger partial charge is 0.347 e. The van der Waals surface area contributed by atoms with Crippen LogP contribution >= 0.6 is 11.6 Å². The third-order valence-corrected chi connectivity index (χ3v) is 3.06. The SMILES string of the molecule is O=c1oc(C=Cc2ccccc2)nc2ccc(Cl)cc12. The molecule has 0 unspecified atom stereocenters. The number of rotatable bonds is 2. The summed E-state index contributed by atoms with van der Waals surface area (Å²) < 4.78 is 5.16. The molecule has 20 heavy (non-hydrogen) atoms. The first-order valence-electron chi connectivity index (χ1n) is 6.06. The number of fused-ring (bicyclic) bond motifs is 1. The minimum absolute atomic E-state index is 0.272. The summed E-state index contributed by atoms with van der Waals surface area (Å²) in [7, 11) is 0. The van der Waals surface area contributed by atoms with Crippen molar-refractivity contribution in [3.05, 3.63) is 75.4 Å². The lowest BCUT2D eigenvalue weighted by Gasteiger charge is -1.98. The van der Waals surface area contributed by atoms with E-state index in [2.05, 4.69) is 4.98 Å². The van der Waals surface area contributed by atoms with E-state index in [1.54, 1.807) is 24.3 Å². The first-order chi connectivity index (χ1) is 9.72. The molecule has 3 nitrogen and oxygen atoms in total. The topological polar surface area (TPSA) is 43.1 Å². The lowest BCUT2D eigenvalue weighted by atomic mass is 10.2. The van der Waals surface area contributed by atoms with Gasteiger partial charge in [-0.3, -0.25) is 0 Å². The van der Waals surface area contributed by atoms with Gasteiger partial charge in [-0.05, 0) is 29.8 Å². The molecule has 0 radical (unpaired) electrons. The zero-order chi connectivity index (χ0) is 13.9. The van der Waals surface area contributed by atoms with Crippen LogP contribution in [0.1, 0.15) is 11.5 Å². The lowest BCUT2D eigenvalue weighted by molar-refractivity contribution is 0.491. The van der Waals surface area contributed by atoms with Gasteiger partial charge in [0.2, 0.25) is 5.89 Å². The molecule has 0 saturated heterocycles. The zero-order valence-corrected chi connectivity index (χ0v) is 11.2. The van der Waals surface area contributed by atoms with E-state index in [1.165, 1.54) is 0 Å². The number of benzene rings is 2. The number of hydrogen-bond donors (Lipinski definition) is 0. The Morgan fingerprint density at radius 1 is 1.05 bits per heavy atom. The second-order valence-corrected chi connectivity index (χ2v) is 4.68. The molecular weight excluding hydrogens is 274 g/mol.